The SMILES string of the molecule is COc1cccc(CNc2c(Cl)cc(Cl)cc2Cl)c1O. The van der Waals surface area contributed by atoms with Gasteiger partial charge in [0.1, 0.15) is 0 Å². The molecule has 0 aliphatic carbocycles. The maximum Gasteiger partial charge on any atom is 0.162 e. The third kappa shape index (κ3) is 3.23. The lowest BCUT2D eigenvalue weighted by Crippen LogP contribution is -2.01. The van der Waals surface area contributed by atoms with Crippen LogP contribution in [0.2, 0.25) is 15.1 Å². The molecule has 0 aliphatic heterocycles. The highest BCUT2D eigenvalue weighted by Gasteiger charge is 2.10. The number of phenols is 1. The van der Waals surface area contributed by atoms with Gasteiger partial charge in [0.15, 0.2) is 11.5 Å². The Hall–Kier alpha value is -1.29. The molecule has 0 atom stereocenters. The van der Waals surface area contributed by atoms with Crippen molar-refractivity contribution in [3.8, 4) is 11.5 Å². The first-order chi connectivity index (χ1) is 9.52. The summed E-state index contributed by atoms with van der Waals surface area (Å²) in [6.07, 6.45) is 0. The second kappa shape index (κ2) is 6.44. The van der Waals surface area contributed by atoms with Crippen LogP contribution in [0.1, 0.15) is 5.56 Å². The van der Waals surface area contributed by atoms with Crippen LogP contribution >= 0.6 is 34.8 Å². The van der Waals surface area contributed by atoms with Gasteiger partial charge in [0.25, 0.3) is 0 Å². The summed E-state index contributed by atoms with van der Waals surface area (Å²) in [4.78, 5) is 0. The minimum Gasteiger partial charge on any atom is -0.504 e. The molecule has 2 aromatic carbocycles. The number of benzene rings is 2. The van der Waals surface area contributed by atoms with Crippen molar-refractivity contribution < 1.29 is 9.84 Å². The molecule has 0 saturated carbocycles. The maximum absolute atomic E-state index is 10.00. The molecule has 0 heterocycles. The quantitative estimate of drug-likeness (QED) is 0.830. The number of phenolic OH excluding ortho intramolecular Hbond substituents is 1. The van der Waals surface area contributed by atoms with Crippen LogP contribution in [0.25, 0.3) is 0 Å². The van der Waals surface area contributed by atoms with Crippen molar-refractivity contribution in [2.45, 2.75) is 6.54 Å². The Morgan fingerprint density at radius 2 is 1.80 bits per heavy atom. The molecule has 2 aromatic rings. The zero-order valence-corrected chi connectivity index (χ0v) is 12.9. The van der Waals surface area contributed by atoms with Crippen molar-refractivity contribution in [3.05, 3.63) is 51.0 Å². The van der Waals surface area contributed by atoms with Crippen molar-refractivity contribution in [1.82, 2.24) is 0 Å². The molecule has 0 amide bonds. The highest BCUT2D eigenvalue weighted by Crippen LogP contribution is 2.35. The molecule has 20 heavy (non-hydrogen) atoms. The zero-order valence-electron chi connectivity index (χ0n) is 10.6. The molecular weight excluding hydrogens is 321 g/mol. The Bertz CT molecular complexity index is 609. The predicted molar refractivity (Wildman–Crippen MR) is 83.5 cm³/mol. The Morgan fingerprint density at radius 1 is 1.15 bits per heavy atom. The molecule has 0 unspecified atom stereocenters. The molecule has 6 heteroatoms. The third-order valence-electron chi connectivity index (χ3n) is 2.76. The van der Waals surface area contributed by atoms with Gasteiger partial charge >= 0.3 is 0 Å². The molecule has 0 aromatic heterocycles. The number of ether oxygens (including phenoxy) is 1. The van der Waals surface area contributed by atoms with Gasteiger partial charge in [-0.25, -0.2) is 0 Å². The molecule has 0 saturated heterocycles. The fourth-order valence-electron chi connectivity index (χ4n) is 1.77. The summed E-state index contributed by atoms with van der Waals surface area (Å²) in [5, 5.41) is 14.4. The Morgan fingerprint density at radius 3 is 2.40 bits per heavy atom. The van der Waals surface area contributed by atoms with Crippen LogP contribution in [0, 0.1) is 0 Å². The molecular formula is C14H12Cl3NO2. The van der Waals surface area contributed by atoms with E-state index in [0.29, 0.717) is 38.6 Å². The van der Waals surface area contributed by atoms with Gasteiger partial charge in [-0.3, -0.25) is 0 Å². The fourth-order valence-corrected chi connectivity index (χ4v) is 2.72. The molecule has 0 radical (unpaired) electrons. The van der Waals surface area contributed by atoms with Gasteiger partial charge < -0.3 is 15.2 Å². The van der Waals surface area contributed by atoms with E-state index in [1.54, 1.807) is 30.3 Å². The Kier molecular flexibility index (Phi) is 4.86. The van der Waals surface area contributed by atoms with Crippen molar-refractivity contribution in [2.75, 3.05) is 12.4 Å². The Balaban J connectivity index is 2.21. The summed E-state index contributed by atoms with van der Waals surface area (Å²) in [5.74, 6) is 0.501. The molecule has 106 valence electrons. The van der Waals surface area contributed by atoms with E-state index >= 15 is 0 Å². The van der Waals surface area contributed by atoms with Crippen LogP contribution in [-0.4, -0.2) is 12.2 Å². The molecule has 0 spiro atoms. The molecule has 2 rings (SSSR count). The summed E-state index contributed by atoms with van der Waals surface area (Å²) in [6, 6.07) is 8.45. The van der Waals surface area contributed by atoms with Crippen molar-refractivity contribution in [3.63, 3.8) is 0 Å². The molecule has 0 fully saturated rings. The smallest absolute Gasteiger partial charge is 0.162 e. The molecule has 2 N–H and O–H groups in total. The number of halogens is 3. The number of rotatable bonds is 4. The Labute approximate surface area is 132 Å². The summed E-state index contributed by atoms with van der Waals surface area (Å²) >= 11 is 18.0. The lowest BCUT2D eigenvalue weighted by molar-refractivity contribution is 0.371. The van der Waals surface area contributed by atoms with Crippen LogP contribution < -0.4 is 10.1 Å². The van der Waals surface area contributed by atoms with Gasteiger partial charge in [-0.1, -0.05) is 46.9 Å². The second-order valence-corrected chi connectivity index (χ2v) is 5.32. The molecule has 3 nitrogen and oxygen atoms in total. The number of aromatic hydroxyl groups is 1. The monoisotopic (exact) mass is 331 g/mol. The minimum atomic E-state index is 0.0868. The first-order valence-electron chi connectivity index (χ1n) is 5.76. The van der Waals surface area contributed by atoms with E-state index < -0.39 is 0 Å². The predicted octanol–water partition coefficient (Wildman–Crippen LogP) is 4.97. The number of methoxy groups -OCH3 is 1. The number of hydrogen-bond donors (Lipinski definition) is 2. The van der Waals surface area contributed by atoms with Gasteiger partial charge in [-0.2, -0.15) is 0 Å². The summed E-state index contributed by atoms with van der Waals surface area (Å²) in [7, 11) is 1.50. The standard InChI is InChI=1S/C14H12Cl3NO2/c1-20-12-4-2-3-8(14(12)19)7-18-13-10(16)5-9(15)6-11(13)17/h2-6,18-19H,7H2,1H3. The summed E-state index contributed by atoms with van der Waals surface area (Å²) in [5.41, 5.74) is 1.24. The van der Waals surface area contributed by atoms with E-state index in [-0.39, 0.29) is 5.75 Å². The number of hydrogen-bond acceptors (Lipinski definition) is 3. The topological polar surface area (TPSA) is 41.5 Å². The number of nitrogens with one attached hydrogen (secondary N) is 1. The van der Waals surface area contributed by atoms with Gasteiger partial charge in [-0.05, 0) is 18.2 Å². The van der Waals surface area contributed by atoms with Gasteiger partial charge in [-0.15, -0.1) is 0 Å². The normalized spacial score (nSPS) is 10.4. The fraction of sp³-hybridized carbons (Fsp3) is 0.143. The highest BCUT2D eigenvalue weighted by molar-refractivity contribution is 6.41. The third-order valence-corrected chi connectivity index (χ3v) is 3.58. The van der Waals surface area contributed by atoms with E-state index in [4.69, 9.17) is 39.5 Å². The average Bonchev–Trinajstić information content (AvgIpc) is 2.39. The number of para-hydroxylation sites is 1. The van der Waals surface area contributed by atoms with E-state index in [1.807, 2.05) is 0 Å². The van der Waals surface area contributed by atoms with Gasteiger partial charge in [0.2, 0.25) is 0 Å². The van der Waals surface area contributed by atoms with Crippen LogP contribution in [-0.2, 0) is 6.54 Å². The molecule has 0 aliphatic rings. The highest BCUT2D eigenvalue weighted by atomic mass is 35.5. The zero-order chi connectivity index (χ0) is 14.7. The summed E-state index contributed by atoms with van der Waals surface area (Å²) in [6.45, 7) is 0.351. The lowest BCUT2D eigenvalue weighted by Gasteiger charge is -2.13. The van der Waals surface area contributed by atoms with Crippen molar-refractivity contribution in [1.29, 1.82) is 0 Å². The summed E-state index contributed by atoms with van der Waals surface area (Å²) < 4.78 is 5.05. The van der Waals surface area contributed by atoms with E-state index in [1.165, 1.54) is 7.11 Å². The van der Waals surface area contributed by atoms with Crippen LogP contribution in [0.4, 0.5) is 5.69 Å². The average molecular weight is 333 g/mol. The van der Waals surface area contributed by atoms with E-state index in [9.17, 15) is 5.11 Å². The van der Waals surface area contributed by atoms with Crippen LogP contribution in [0.5, 0.6) is 11.5 Å². The van der Waals surface area contributed by atoms with Gasteiger partial charge in [0, 0.05) is 17.1 Å². The van der Waals surface area contributed by atoms with Crippen molar-refractivity contribution in [2.24, 2.45) is 0 Å². The lowest BCUT2D eigenvalue weighted by atomic mass is 10.2. The first kappa shape index (κ1) is 15.1. The maximum atomic E-state index is 10.00. The first-order valence-corrected chi connectivity index (χ1v) is 6.89. The largest absolute Gasteiger partial charge is 0.504 e. The van der Waals surface area contributed by atoms with Gasteiger partial charge in [0.05, 0.1) is 22.8 Å². The molecule has 0 bridgehead atoms. The minimum absolute atomic E-state index is 0.0868. The van der Waals surface area contributed by atoms with E-state index in [0.717, 1.165) is 0 Å². The van der Waals surface area contributed by atoms with Crippen LogP contribution in [0.3, 0.4) is 0 Å². The van der Waals surface area contributed by atoms with Crippen molar-refractivity contribution >= 4 is 40.5 Å². The van der Waals surface area contributed by atoms with Crippen LogP contribution in [0.15, 0.2) is 30.3 Å². The number of anilines is 1. The van der Waals surface area contributed by atoms with E-state index in [2.05, 4.69) is 5.32 Å². The second-order valence-electron chi connectivity index (χ2n) is 4.07.